The number of hydrogen-bond acceptors (Lipinski definition) is 3. The van der Waals surface area contributed by atoms with Gasteiger partial charge in [-0.3, -0.25) is 0 Å². The van der Waals surface area contributed by atoms with Crippen molar-refractivity contribution in [2.75, 3.05) is 0 Å². The molecule has 0 heterocycles. The van der Waals surface area contributed by atoms with Crippen LogP contribution in [-0.2, 0) is 5.60 Å². The molecule has 0 amide bonds. The summed E-state index contributed by atoms with van der Waals surface area (Å²) < 4.78 is 0. The summed E-state index contributed by atoms with van der Waals surface area (Å²) >= 11 is 0. The third kappa shape index (κ3) is 4.27. The average molecular weight is 457 g/mol. The first kappa shape index (κ1) is 22.7. The lowest BCUT2D eigenvalue weighted by molar-refractivity contribution is 0.125. The molecule has 2 aliphatic rings. The summed E-state index contributed by atoms with van der Waals surface area (Å²) in [6.07, 6.45) is 0. The molecule has 0 spiro atoms. The Morgan fingerprint density at radius 3 is 1.71 bits per heavy atom. The van der Waals surface area contributed by atoms with Crippen LogP contribution in [0.1, 0.15) is 33.4 Å². The van der Waals surface area contributed by atoms with Gasteiger partial charge in [0.25, 0.3) is 0 Å². The zero-order valence-corrected chi connectivity index (χ0v) is 20.2. The smallest absolute Gasteiger partial charge is 0.140 e. The van der Waals surface area contributed by atoms with Gasteiger partial charge in [-0.25, -0.2) is 0 Å². The van der Waals surface area contributed by atoms with Gasteiger partial charge >= 0.3 is 0 Å². The maximum absolute atomic E-state index is 12.0. The van der Waals surface area contributed by atoms with Gasteiger partial charge in [-0.2, -0.15) is 5.11 Å². The van der Waals surface area contributed by atoms with E-state index in [1.165, 1.54) is 22.3 Å². The number of azo groups is 1. The first-order valence-corrected chi connectivity index (χ1v) is 11.8. The van der Waals surface area contributed by atoms with Crippen LogP contribution in [0.3, 0.4) is 0 Å². The predicted molar refractivity (Wildman–Crippen MR) is 143 cm³/mol. The van der Waals surface area contributed by atoms with Crippen molar-refractivity contribution >= 4 is 11.4 Å². The number of rotatable bonds is 5. The third-order valence-corrected chi connectivity index (χ3v) is 6.58. The molecule has 1 N–H and O–H groups in total. The summed E-state index contributed by atoms with van der Waals surface area (Å²) in [5, 5.41) is 21.1. The molecule has 0 radical (unpaired) electrons. The van der Waals surface area contributed by atoms with Crippen LogP contribution in [0, 0.1) is 20.8 Å². The Morgan fingerprint density at radius 2 is 1.11 bits per heavy atom. The summed E-state index contributed by atoms with van der Waals surface area (Å²) in [5.41, 5.74) is 8.75. The highest BCUT2D eigenvalue weighted by Crippen LogP contribution is 2.40. The second-order valence-electron chi connectivity index (χ2n) is 9.10. The van der Waals surface area contributed by atoms with E-state index in [2.05, 4.69) is 49.2 Å². The Bertz CT molecular complexity index is 1420. The minimum Gasteiger partial charge on any atom is -0.376 e. The summed E-state index contributed by atoms with van der Waals surface area (Å²) in [4.78, 5) is 0. The van der Waals surface area contributed by atoms with E-state index in [1.54, 1.807) is 0 Å². The van der Waals surface area contributed by atoms with Crippen LogP contribution >= 0.6 is 0 Å². The molecule has 3 aromatic rings. The lowest BCUT2D eigenvalue weighted by Crippen LogP contribution is -2.28. The summed E-state index contributed by atoms with van der Waals surface area (Å²) in [6.45, 7) is 6.37. The zero-order chi connectivity index (χ0) is 24.4. The van der Waals surface area contributed by atoms with Gasteiger partial charge in [0.1, 0.15) is 5.60 Å². The minimum absolute atomic E-state index is 0.734. The fourth-order valence-electron chi connectivity index (χ4n) is 4.91. The van der Waals surface area contributed by atoms with Crippen LogP contribution in [0.15, 0.2) is 119 Å². The SMILES string of the molecule is Cc1cc(C)c2ccc(N=Nc3ccc(C(O)(c4ccccc4)c4ccccc4)cc3)c-2c(C)c1. The normalized spacial score (nSPS) is 11.9. The van der Waals surface area contributed by atoms with E-state index in [0.29, 0.717) is 0 Å². The van der Waals surface area contributed by atoms with Gasteiger partial charge in [0.15, 0.2) is 0 Å². The molecule has 0 aliphatic heterocycles. The number of aliphatic hydroxyl groups is 1. The molecule has 2 aliphatic carbocycles. The topological polar surface area (TPSA) is 45.0 Å². The first-order chi connectivity index (χ1) is 17.0. The van der Waals surface area contributed by atoms with Gasteiger partial charge in [-0.15, -0.1) is 5.11 Å². The first-order valence-electron chi connectivity index (χ1n) is 11.8. The van der Waals surface area contributed by atoms with Gasteiger partial charge in [-0.1, -0.05) is 96.6 Å². The Labute approximate surface area is 206 Å². The summed E-state index contributed by atoms with van der Waals surface area (Å²) in [6, 6.07) is 35.7. The van der Waals surface area contributed by atoms with E-state index in [9.17, 15) is 5.11 Å². The van der Waals surface area contributed by atoms with E-state index in [4.69, 9.17) is 0 Å². The fourth-order valence-corrected chi connectivity index (χ4v) is 4.91. The van der Waals surface area contributed by atoms with Crippen LogP contribution in [0.5, 0.6) is 0 Å². The highest BCUT2D eigenvalue weighted by atomic mass is 16.3. The van der Waals surface area contributed by atoms with E-state index < -0.39 is 5.60 Å². The summed E-state index contributed by atoms with van der Waals surface area (Å²) in [7, 11) is 0. The second kappa shape index (κ2) is 9.28. The minimum atomic E-state index is -1.26. The second-order valence-corrected chi connectivity index (χ2v) is 9.10. The lowest BCUT2D eigenvalue weighted by Gasteiger charge is -2.30. The Kier molecular flexibility index (Phi) is 6.02. The maximum Gasteiger partial charge on any atom is 0.140 e. The Morgan fingerprint density at radius 1 is 0.571 bits per heavy atom. The van der Waals surface area contributed by atoms with E-state index in [-0.39, 0.29) is 0 Å². The van der Waals surface area contributed by atoms with E-state index in [0.717, 1.165) is 33.6 Å². The van der Waals surface area contributed by atoms with Gasteiger partial charge in [0, 0.05) is 5.56 Å². The number of benzene rings is 3. The number of aryl methyl sites for hydroxylation is 3. The molecule has 3 heteroatoms. The van der Waals surface area contributed by atoms with Crippen molar-refractivity contribution in [2.45, 2.75) is 26.4 Å². The maximum atomic E-state index is 12.0. The quantitative estimate of drug-likeness (QED) is 0.209. The standard InChI is InChI=1S/C32H28N2O/c1-22-20-23(2)29-18-19-30(31(29)24(3)21-22)34-33-28-16-14-27(15-17-28)32(35,25-10-6-4-7-11-25)26-12-8-5-9-13-26/h4-21,35H,1-3H3. The van der Waals surface area contributed by atoms with Gasteiger partial charge in [0.2, 0.25) is 0 Å². The molecule has 3 nitrogen and oxygen atoms in total. The number of hydrogen-bond donors (Lipinski definition) is 1. The summed E-state index contributed by atoms with van der Waals surface area (Å²) in [5.74, 6) is 0. The monoisotopic (exact) mass is 456 g/mol. The molecule has 0 unspecified atom stereocenters. The van der Waals surface area contributed by atoms with Crippen LogP contribution < -0.4 is 0 Å². The molecule has 0 bridgehead atoms. The third-order valence-electron chi connectivity index (χ3n) is 6.58. The molecular weight excluding hydrogens is 428 g/mol. The molecular formula is C32H28N2O. The van der Waals surface area contributed by atoms with E-state index >= 15 is 0 Å². The van der Waals surface area contributed by atoms with Gasteiger partial charge in [-0.05, 0) is 72.4 Å². The number of nitrogens with zero attached hydrogens (tertiary/aromatic N) is 2. The van der Waals surface area contributed by atoms with Crippen molar-refractivity contribution in [1.82, 2.24) is 0 Å². The van der Waals surface area contributed by atoms with Crippen molar-refractivity contribution in [2.24, 2.45) is 10.2 Å². The fraction of sp³-hybridized carbons (Fsp3) is 0.125. The highest BCUT2D eigenvalue weighted by molar-refractivity contribution is 5.84. The largest absolute Gasteiger partial charge is 0.376 e. The van der Waals surface area contributed by atoms with Gasteiger partial charge < -0.3 is 5.11 Å². The predicted octanol–water partition coefficient (Wildman–Crippen LogP) is 8.42. The van der Waals surface area contributed by atoms with E-state index in [1.807, 2.05) is 91.0 Å². The van der Waals surface area contributed by atoms with Crippen LogP contribution in [0.25, 0.3) is 11.1 Å². The van der Waals surface area contributed by atoms with Crippen LogP contribution in [0.2, 0.25) is 0 Å². The molecule has 172 valence electrons. The molecule has 0 saturated heterocycles. The molecule has 0 saturated carbocycles. The van der Waals surface area contributed by atoms with Crippen molar-refractivity contribution < 1.29 is 5.11 Å². The Hall–Kier alpha value is -4.08. The van der Waals surface area contributed by atoms with Crippen molar-refractivity contribution in [1.29, 1.82) is 0 Å². The molecule has 5 rings (SSSR count). The molecule has 35 heavy (non-hydrogen) atoms. The van der Waals surface area contributed by atoms with Gasteiger partial charge in [0.05, 0.1) is 11.4 Å². The average Bonchev–Trinajstić information content (AvgIpc) is 3.28. The highest BCUT2D eigenvalue weighted by Gasteiger charge is 2.33. The molecule has 3 aromatic carbocycles. The van der Waals surface area contributed by atoms with Crippen LogP contribution in [-0.4, -0.2) is 5.11 Å². The molecule has 0 aromatic heterocycles. The van der Waals surface area contributed by atoms with Crippen molar-refractivity contribution in [3.63, 3.8) is 0 Å². The Balaban J connectivity index is 1.50. The lowest BCUT2D eigenvalue weighted by atomic mass is 9.80. The van der Waals surface area contributed by atoms with Crippen LogP contribution in [0.4, 0.5) is 11.4 Å². The zero-order valence-electron chi connectivity index (χ0n) is 20.2. The number of fused-ring (bicyclic) bond motifs is 1. The van der Waals surface area contributed by atoms with Crippen molar-refractivity contribution in [3.8, 4) is 11.1 Å². The van der Waals surface area contributed by atoms with Crippen molar-refractivity contribution in [3.05, 3.63) is 143 Å². The molecule has 0 fully saturated rings. The molecule has 0 atom stereocenters.